The third-order valence-corrected chi connectivity index (χ3v) is 3.67. The van der Waals surface area contributed by atoms with Gasteiger partial charge in [0.05, 0.1) is 6.20 Å². The highest BCUT2D eigenvalue weighted by Crippen LogP contribution is 2.18. The molecular weight excluding hydrogens is 236 g/mol. The van der Waals surface area contributed by atoms with Crippen LogP contribution in [0.1, 0.15) is 9.88 Å². The Morgan fingerprint density at radius 1 is 1.43 bits per heavy atom. The minimum absolute atomic E-state index is 0.748. The molecule has 0 saturated carbocycles. The fourth-order valence-electron chi connectivity index (χ4n) is 1.08. The second-order valence-corrected chi connectivity index (χ2v) is 5.52. The predicted molar refractivity (Wildman–Crippen MR) is 62.0 cm³/mol. The number of nitrogens with one attached hydrogen (secondary N) is 1. The van der Waals surface area contributed by atoms with E-state index < -0.39 is 0 Å². The maximum absolute atomic E-state index is 5.77. The van der Waals surface area contributed by atoms with Crippen molar-refractivity contribution >= 4 is 34.3 Å². The van der Waals surface area contributed by atoms with Crippen molar-refractivity contribution in [1.82, 2.24) is 10.3 Å². The van der Waals surface area contributed by atoms with Crippen LogP contribution >= 0.6 is 34.3 Å². The van der Waals surface area contributed by atoms with Crippen molar-refractivity contribution in [3.63, 3.8) is 0 Å². The summed E-state index contributed by atoms with van der Waals surface area (Å²) in [6.07, 6.45) is 1.69. The van der Waals surface area contributed by atoms with E-state index in [1.165, 1.54) is 16.2 Å². The SMILES string of the molecule is Clc1cnc(CNCc2cccs2)s1. The first kappa shape index (κ1) is 10.1. The van der Waals surface area contributed by atoms with E-state index in [9.17, 15) is 0 Å². The van der Waals surface area contributed by atoms with Gasteiger partial charge in [-0.25, -0.2) is 4.98 Å². The lowest BCUT2D eigenvalue weighted by Gasteiger charge is -1.98. The molecule has 0 spiro atoms. The molecular formula is C9H9ClN2S2. The molecule has 2 nitrogen and oxygen atoms in total. The van der Waals surface area contributed by atoms with Gasteiger partial charge in [-0.05, 0) is 11.4 Å². The van der Waals surface area contributed by atoms with Crippen LogP contribution in [0.2, 0.25) is 4.34 Å². The van der Waals surface area contributed by atoms with Crippen LogP contribution in [0.3, 0.4) is 0 Å². The molecule has 0 radical (unpaired) electrons. The number of hydrogen-bond acceptors (Lipinski definition) is 4. The van der Waals surface area contributed by atoms with Gasteiger partial charge in [0.2, 0.25) is 0 Å². The van der Waals surface area contributed by atoms with Crippen LogP contribution in [0.25, 0.3) is 0 Å². The van der Waals surface area contributed by atoms with Crippen molar-refractivity contribution in [1.29, 1.82) is 0 Å². The summed E-state index contributed by atoms with van der Waals surface area (Å²) in [4.78, 5) is 5.50. The summed E-state index contributed by atoms with van der Waals surface area (Å²) in [6.45, 7) is 1.68. The Morgan fingerprint density at radius 3 is 3.00 bits per heavy atom. The van der Waals surface area contributed by atoms with Gasteiger partial charge in [0.15, 0.2) is 0 Å². The molecule has 5 heteroatoms. The summed E-state index contributed by atoms with van der Waals surface area (Å²) in [6, 6.07) is 4.18. The molecule has 0 saturated heterocycles. The zero-order valence-electron chi connectivity index (χ0n) is 7.37. The lowest BCUT2D eigenvalue weighted by molar-refractivity contribution is 0.697. The fraction of sp³-hybridized carbons (Fsp3) is 0.222. The van der Waals surface area contributed by atoms with Crippen molar-refractivity contribution in [3.8, 4) is 0 Å². The maximum Gasteiger partial charge on any atom is 0.113 e. The highest BCUT2D eigenvalue weighted by atomic mass is 35.5. The number of hydrogen-bond donors (Lipinski definition) is 1. The fourth-order valence-corrected chi connectivity index (χ4v) is 2.68. The molecule has 1 N–H and O–H groups in total. The Labute approximate surface area is 95.6 Å². The Hall–Kier alpha value is -0.420. The Morgan fingerprint density at radius 2 is 2.36 bits per heavy atom. The largest absolute Gasteiger partial charge is 0.306 e. The first-order valence-corrected chi connectivity index (χ1v) is 6.25. The number of aromatic nitrogens is 1. The normalized spacial score (nSPS) is 10.6. The zero-order valence-corrected chi connectivity index (χ0v) is 9.75. The highest BCUT2D eigenvalue weighted by molar-refractivity contribution is 7.15. The van der Waals surface area contributed by atoms with E-state index in [-0.39, 0.29) is 0 Å². The lowest BCUT2D eigenvalue weighted by atomic mass is 10.4. The van der Waals surface area contributed by atoms with Crippen LogP contribution in [-0.2, 0) is 13.1 Å². The van der Waals surface area contributed by atoms with Gasteiger partial charge in [-0.3, -0.25) is 0 Å². The van der Waals surface area contributed by atoms with Gasteiger partial charge in [-0.1, -0.05) is 17.7 Å². The Kier molecular flexibility index (Phi) is 3.53. The summed E-state index contributed by atoms with van der Waals surface area (Å²) in [5, 5.41) is 6.43. The van der Waals surface area contributed by atoms with Gasteiger partial charge in [0, 0.05) is 18.0 Å². The number of rotatable bonds is 4. The molecule has 0 unspecified atom stereocenters. The maximum atomic E-state index is 5.77. The second kappa shape index (κ2) is 4.89. The molecule has 2 aromatic heterocycles. The summed E-state index contributed by atoms with van der Waals surface area (Å²) in [5.41, 5.74) is 0. The first-order valence-electron chi connectivity index (χ1n) is 4.18. The van der Waals surface area contributed by atoms with Gasteiger partial charge >= 0.3 is 0 Å². The molecule has 2 aromatic rings. The second-order valence-electron chi connectivity index (χ2n) is 2.74. The van der Waals surface area contributed by atoms with Crippen molar-refractivity contribution < 1.29 is 0 Å². The average molecular weight is 245 g/mol. The van der Waals surface area contributed by atoms with Crippen molar-refractivity contribution in [2.24, 2.45) is 0 Å². The minimum Gasteiger partial charge on any atom is -0.306 e. The standard InChI is InChI=1S/C9H9ClN2S2/c10-8-5-12-9(14-8)6-11-4-7-2-1-3-13-7/h1-3,5,11H,4,6H2. The van der Waals surface area contributed by atoms with E-state index in [0.717, 1.165) is 22.4 Å². The van der Waals surface area contributed by atoms with Crippen molar-refractivity contribution in [3.05, 3.63) is 37.9 Å². The molecule has 0 aromatic carbocycles. The molecule has 0 amide bonds. The van der Waals surface area contributed by atoms with Crippen molar-refractivity contribution in [2.75, 3.05) is 0 Å². The van der Waals surface area contributed by atoms with E-state index in [2.05, 4.69) is 27.8 Å². The summed E-state index contributed by atoms with van der Waals surface area (Å²) < 4.78 is 0.748. The summed E-state index contributed by atoms with van der Waals surface area (Å²) in [7, 11) is 0. The molecule has 2 heterocycles. The van der Waals surface area contributed by atoms with Gasteiger partial charge in [-0.2, -0.15) is 0 Å². The van der Waals surface area contributed by atoms with Gasteiger partial charge in [0.1, 0.15) is 9.34 Å². The molecule has 0 bridgehead atoms. The van der Waals surface area contributed by atoms with Crippen LogP contribution in [0.4, 0.5) is 0 Å². The Balaban J connectivity index is 1.78. The third-order valence-electron chi connectivity index (χ3n) is 1.68. The minimum atomic E-state index is 0.748. The topological polar surface area (TPSA) is 24.9 Å². The van der Waals surface area contributed by atoms with E-state index in [1.807, 2.05) is 0 Å². The highest BCUT2D eigenvalue weighted by Gasteiger charge is 1.99. The predicted octanol–water partition coefficient (Wildman–Crippen LogP) is 3.15. The van der Waals surface area contributed by atoms with Crippen LogP contribution in [0.5, 0.6) is 0 Å². The molecule has 0 aliphatic heterocycles. The summed E-state index contributed by atoms with van der Waals surface area (Å²) in [5.74, 6) is 0. The first-order chi connectivity index (χ1) is 6.84. The molecule has 14 heavy (non-hydrogen) atoms. The van der Waals surface area contributed by atoms with Crippen LogP contribution in [0, 0.1) is 0 Å². The van der Waals surface area contributed by atoms with Crippen molar-refractivity contribution in [2.45, 2.75) is 13.1 Å². The van der Waals surface area contributed by atoms with E-state index in [1.54, 1.807) is 17.5 Å². The van der Waals surface area contributed by atoms with E-state index >= 15 is 0 Å². The number of nitrogens with zero attached hydrogens (tertiary/aromatic N) is 1. The monoisotopic (exact) mass is 244 g/mol. The van der Waals surface area contributed by atoms with Crippen LogP contribution in [-0.4, -0.2) is 4.98 Å². The number of halogens is 1. The van der Waals surface area contributed by atoms with Gasteiger partial charge in [-0.15, -0.1) is 22.7 Å². The third kappa shape index (κ3) is 2.78. The molecule has 74 valence electrons. The number of thiophene rings is 1. The van der Waals surface area contributed by atoms with Gasteiger partial charge < -0.3 is 5.32 Å². The number of thiazole rings is 1. The Bertz CT molecular complexity index is 383. The average Bonchev–Trinajstić information content (AvgIpc) is 2.77. The molecule has 0 aliphatic rings. The van der Waals surface area contributed by atoms with Crippen LogP contribution in [0.15, 0.2) is 23.7 Å². The summed E-state index contributed by atoms with van der Waals surface area (Å²) >= 11 is 9.05. The molecule has 0 aliphatic carbocycles. The van der Waals surface area contributed by atoms with Crippen LogP contribution < -0.4 is 5.32 Å². The quantitative estimate of drug-likeness (QED) is 0.894. The van der Waals surface area contributed by atoms with E-state index in [4.69, 9.17) is 11.6 Å². The smallest absolute Gasteiger partial charge is 0.113 e. The molecule has 0 fully saturated rings. The zero-order chi connectivity index (χ0) is 9.80. The molecule has 2 rings (SSSR count). The molecule has 0 atom stereocenters. The van der Waals surface area contributed by atoms with E-state index in [0.29, 0.717) is 0 Å². The van der Waals surface area contributed by atoms with Gasteiger partial charge in [0.25, 0.3) is 0 Å². The lowest BCUT2D eigenvalue weighted by Crippen LogP contribution is -2.11.